The van der Waals surface area contributed by atoms with Crippen molar-refractivity contribution in [2.75, 3.05) is 6.54 Å². The van der Waals surface area contributed by atoms with E-state index in [2.05, 4.69) is 10.6 Å². The molecular formula is C28H24F2N2O3. The molecule has 1 atom stereocenters. The number of phenolic OH excluding ortho intramolecular Hbond substituents is 1. The van der Waals surface area contributed by atoms with Crippen LogP contribution in [0.5, 0.6) is 5.75 Å². The van der Waals surface area contributed by atoms with Crippen LogP contribution < -0.4 is 10.6 Å². The molecule has 0 saturated carbocycles. The maximum Gasteiger partial charge on any atom is 0.254 e. The van der Waals surface area contributed by atoms with Gasteiger partial charge < -0.3 is 15.7 Å². The minimum absolute atomic E-state index is 0.0754. The van der Waals surface area contributed by atoms with Gasteiger partial charge in [0.2, 0.25) is 5.91 Å². The Bertz CT molecular complexity index is 1360. The van der Waals surface area contributed by atoms with Crippen molar-refractivity contribution in [1.82, 2.24) is 10.6 Å². The summed E-state index contributed by atoms with van der Waals surface area (Å²) in [6, 6.07) is 22.6. The summed E-state index contributed by atoms with van der Waals surface area (Å²) in [4.78, 5) is 25.0. The second kappa shape index (κ2) is 10.8. The lowest BCUT2D eigenvalue weighted by atomic mass is 9.92. The minimum Gasteiger partial charge on any atom is -0.508 e. The molecule has 0 aliphatic carbocycles. The number of amides is 2. The van der Waals surface area contributed by atoms with E-state index < -0.39 is 23.6 Å². The number of hydrogen-bond donors (Lipinski definition) is 3. The first-order valence-corrected chi connectivity index (χ1v) is 11.2. The molecule has 35 heavy (non-hydrogen) atoms. The van der Waals surface area contributed by atoms with E-state index in [0.29, 0.717) is 18.1 Å². The van der Waals surface area contributed by atoms with E-state index >= 15 is 0 Å². The first-order chi connectivity index (χ1) is 16.9. The maximum absolute atomic E-state index is 13.8. The van der Waals surface area contributed by atoms with Crippen molar-refractivity contribution in [2.24, 2.45) is 0 Å². The highest BCUT2D eigenvalue weighted by molar-refractivity contribution is 5.94. The van der Waals surface area contributed by atoms with Gasteiger partial charge in [-0.05, 0) is 41.0 Å². The van der Waals surface area contributed by atoms with E-state index in [1.807, 2.05) is 60.7 Å². The zero-order valence-electron chi connectivity index (χ0n) is 18.8. The largest absolute Gasteiger partial charge is 0.508 e. The number of rotatable bonds is 8. The van der Waals surface area contributed by atoms with Crippen LogP contribution in [0.1, 0.15) is 40.4 Å². The van der Waals surface area contributed by atoms with Crippen LogP contribution in [0.4, 0.5) is 8.78 Å². The maximum atomic E-state index is 13.8. The van der Waals surface area contributed by atoms with Crippen molar-refractivity contribution in [1.29, 1.82) is 0 Å². The van der Waals surface area contributed by atoms with Gasteiger partial charge in [-0.3, -0.25) is 9.59 Å². The second-order valence-corrected chi connectivity index (χ2v) is 8.11. The quantitative estimate of drug-likeness (QED) is 0.306. The lowest BCUT2D eigenvalue weighted by Crippen LogP contribution is -2.31. The molecule has 0 heterocycles. The van der Waals surface area contributed by atoms with Gasteiger partial charge in [-0.2, -0.15) is 0 Å². The van der Waals surface area contributed by atoms with E-state index in [0.717, 1.165) is 28.5 Å². The van der Waals surface area contributed by atoms with Crippen LogP contribution in [0.25, 0.3) is 10.8 Å². The molecule has 0 fully saturated rings. The number of benzene rings is 4. The Morgan fingerprint density at radius 2 is 1.63 bits per heavy atom. The smallest absolute Gasteiger partial charge is 0.254 e. The third-order valence-electron chi connectivity index (χ3n) is 5.72. The summed E-state index contributed by atoms with van der Waals surface area (Å²) >= 11 is 0. The fourth-order valence-corrected chi connectivity index (χ4v) is 4.01. The van der Waals surface area contributed by atoms with Crippen molar-refractivity contribution >= 4 is 22.6 Å². The number of carbonyl (C=O) groups is 2. The Labute approximate surface area is 201 Å². The summed E-state index contributed by atoms with van der Waals surface area (Å²) in [5, 5.41) is 18.0. The monoisotopic (exact) mass is 474 g/mol. The van der Waals surface area contributed by atoms with E-state index in [-0.39, 0.29) is 30.2 Å². The van der Waals surface area contributed by atoms with Gasteiger partial charge in [-0.1, -0.05) is 60.7 Å². The fraction of sp³-hybridized carbons (Fsp3) is 0.143. The second-order valence-electron chi connectivity index (χ2n) is 8.11. The number of halogens is 2. The van der Waals surface area contributed by atoms with Gasteiger partial charge >= 0.3 is 0 Å². The lowest BCUT2D eigenvalue weighted by molar-refractivity contribution is -0.121. The summed E-state index contributed by atoms with van der Waals surface area (Å²) in [6.45, 7) is 0.137. The predicted octanol–water partition coefficient (Wildman–Crippen LogP) is 5.24. The molecule has 0 aliphatic rings. The summed E-state index contributed by atoms with van der Waals surface area (Å²) in [5.74, 6) is -2.58. The average molecular weight is 475 g/mol. The summed E-state index contributed by atoms with van der Waals surface area (Å²) in [6.07, 6.45) is 0.407. The van der Waals surface area contributed by atoms with Gasteiger partial charge in [-0.15, -0.1) is 0 Å². The van der Waals surface area contributed by atoms with Gasteiger partial charge in [0.15, 0.2) is 0 Å². The van der Waals surface area contributed by atoms with E-state index in [1.54, 1.807) is 6.07 Å². The summed E-state index contributed by atoms with van der Waals surface area (Å²) in [7, 11) is 0. The number of hydrogen-bond acceptors (Lipinski definition) is 3. The Balaban J connectivity index is 1.45. The van der Waals surface area contributed by atoms with Gasteiger partial charge in [0.1, 0.15) is 17.4 Å². The average Bonchev–Trinajstić information content (AvgIpc) is 2.86. The number of carbonyl (C=O) groups excluding carboxylic acids is 2. The first-order valence-electron chi connectivity index (χ1n) is 11.2. The highest BCUT2D eigenvalue weighted by Gasteiger charge is 2.22. The van der Waals surface area contributed by atoms with E-state index in [9.17, 15) is 23.5 Å². The highest BCUT2D eigenvalue weighted by Crippen LogP contribution is 2.35. The van der Waals surface area contributed by atoms with Crippen molar-refractivity contribution in [3.05, 3.63) is 113 Å². The third kappa shape index (κ3) is 5.63. The topological polar surface area (TPSA) is 78.4 Å². The van der Waals surface area contributed by atoms with Crippen LogP contribution in [0.3, 0.4) is 0 Å². The van der Waals surface area contributed by atoms with Crippen LogP contribution >= 0.6 is 0 Å². The molecule has 4 rings (SSSR count). The molecule has 0 aromatic heterocycles. The molecule has 5 nitrogen and oxygen atoms in total. The van der Waals surface area contributed by atoms with Gasteiger partial charge in [-0.25, -0.2) is 8.78 Å². The summed E-state index contributed by atoms with van der Waals surface area (Å²) in [5.41, 5.74) is 1.15. The molecule has 4 aromatic rings. The molecule has 4 aromatic carbocycles. The standard InChI is InChI=1S/C28H24F2N2O3/c29-20-13-14-22(23(30)17-20)28(35)31-16-6-11-25(34)32-27(19-8-2-1-3-9-19)26-21-10-5-4-7-18(21)12-15-24(26)33/h1-5,7-10,12-15,17,27,33H,6,11,16H2,(H,31,35)(H,32,34). The van der Waals surface area contributed by atoms with Gasteiger partial charge in [0.25, 0.3) is 5.91 Å². The molecule has 0 aliphatic heterocycles. The minimum atomic E-state index is -0.944. The molecule has 0 spiro atoms. The number of fused-ring (bicyclic) bond motifs is 1. The fourth-order valence-electron chi connectivity index (χ4n) is 4.01. The lowest BCUT2D eigenvalue weighted by Gasteiger charge is -2.22. The highest BCUT2D eigenvalue weighted by atomic mass is 19.1. The van der Waals surface area contributed by atoms with Crippen molar-refractivity contribution < 1.29 is 23.5 Å². The van der Waals surface area contributed by atoms with Crippen molar-refractivity contribution in [2.45, 2.75) is 18.9 Å². The van der Waals surface area contributed by atoms with Crippen molar-refractivity contribution in [3.63, 3.8) is 0 Å². The van der Waals surface area contributed by atoms with E-state index in [1.165, 1.54) is 0 Å². The molecule has 0 saturated heterocycles. The van der Waals surface area contributed by atoms with Crippen LogP contribution in [0, 0.1) is 11.6 Å². The molecule has 2 amide bonds. The predicted molar refractivity (Wildman–Crippen MR) is 130 cm³/mol. The van der Waals surface area contributed by atoms with Gasteiger partial charge in [0, 0.05) is 24.6 Å². The molecule has 1 unspecified atom stereocenters. The Morgan fingerprint density at radius 1 is 0.886 bits per heavy atom. The van der Waals surface area contributed by atoms with Crippen molar-refractivity contribution in [3.8, 4) is 5.75 Å². The molecule has 7 heteroatoms. The SMILES string of the molecule is O=C(CCCNC(=O)c1ccc(F)cc1F)NC(c1ccccc1)c1c(O)ccc2ccccc12. The zero-order chi connectivity index (χ0) is 24.8. The number of aromatic hydroxyl groups is 1. The molecule has 0 bridgehead atoms. The molecule has 178 valence electrons. The normalized spacial score (nSPS) is 11.7. The Hall–Kier alpha value is -4.26. The van der Waals surface area contributed by atoms with Crippen LogP contribution in [0.2, 0.25) is 0 Å². The Morgan fingerprint density at radius 3 is 2.40 bits per heavy atom. The molecular weight excluding hydrogens is 450 g/mol. The first kappa shape index (κ1) is 23.9. The van der Waals surface area contributed by atoms with E-state index in [4.69, 9.17) is 0 Å². The van der Waals surface area contributed by atoms with Crippen LogP contribution in [-0.4, -0.2) is 23.5 Å². The Kier molecular flexibility index (Phi) is 7.35. The third-order valence-corrected chi connectivity index (χ3v) is 5.72. The van der Waals surface area contributed by atoms with Gasteiger partial charge in [0.05, 0.1) is 11.6 Å². The summed E-state index contributed by atoms with van der Waals surface area (Å²) < 4.78 is 26.8. The number of nitrogens with one attached hydrogen (secondary N) is 2. The molecule has 0 radical (unpaired) electrons. The number of phenols is 1. The van der Waals surface area contributed by atoms with Crippen LogP contribution in [-0.2, 0) is 4.79 Å². The molecule has 3 N–H and O–H groups in total. The van der Waals surface area contributed by atoms with Crippen LogP contribution in [0.15, 0.2) is 84.9 Å². The zero-order valence-corrected chi connectivity index (χ0v) is 18.8.